The SMILES string of the molecule is C=C(O)C(=O)OCCC[N+](C)(C)C.[Cl-]. The first-order valence-electron chi connectivity index (χ1n) is 4.18. The first-order valence-corrected chi connectivity index (χ1v) is 4.18. The molecule has 0 radical (unpaired) electrons. The van der Waals surface area contributed by atoms with Crippen LogP contribution in [-0.4, -0.2) is 49.9 Å². The van der Waals surface area contributed by atoms with Crippen LogP contribution in [0.25, 0.3) is 0 Å². The summed E-state index contributed by atoms with van der Waals surface area (Å²) in [5, 5.41) is 8.61. The van der Waals surface area contributed by atoms with Gasteiger partial charge in [-0.2, -0.15) is 0 Å². The molecule has 1 N–H and O–H groups in total. The molecule has 0 fully saturated rings. The molecule has 0 spiro atoms. The molecular weight excluding hydrogens is 206 g/mol. The molecule has 0 heterocycles. The number of rotatable bonds is 5. The molecule has 0 aromatic rings. The number of hydrogen-bond acceptors (Lipinski definition) is 3. The van der Waals surface area contributed by atoms with Crippen LogP contribution in [0.5, 0.6) is 0 Å². The summed E-state index contributed by atoms with van der Waals surface area (Å²) < 4.78 is 5.53. The van der Waals surface area contributed by atoms with Crippen LogP contribution in [-0.2, 0) is 9.53 Å². The smallest absolute Gasteiger partial charge is 0.372 e. The number of ether oxygens (including phenoxy) is 1. The van der Waals surface area contributed by atoms with Crippen molar-refractivity contribution in [1.29, 1.82) is 0 Å². The minimum absolute atomic E-state index is 0. The normalized spacial score (nSPS) is 10.2. The van der Waals surface area contributed by atoms with Gasteiger partial charge in [-0.15, -0.1) is 0 Å². The maximum absolute atomic E-state index is 10.7. The molecule has 0 aromatic carbocycles. The lowest BCUT2D eigenvalue weighted by molar-refractivity contribution is -0.870. The summed E-state index contributed by atoms with van der Waals surface area (Å²) in [6.45, 7) is 4.31. The van der Waals surface area contributed by atoms with E-state index < -0.39 is 11.7 Å². The van der Waals surface area contributed by atoms with Crippen molar-refractivity contribution in [3.63, 3.8) is 0 Å². The summed E-state index contributed by atoms with van der Waals surface area (Å²) in [5.41, 5.74) is 0. The Morgan fingerprint density at radius 1 is 1.43 bits per heavy atom. The van der Waals surface area contributed by atoms with E-state index in [9.17, 15) is 4.79 Å². The summed E-state index contributed by atoms with van der Waals surface area (Å²) in [6.07, 6.45) is 0.780. The molecule has 0 aliphatic heterocycles. The van der Waals surface area contributed by atoms with Crippen molar-refractivity contribution < 1.29 is 31.5 Å². The molecule has 0 aliphatic carbocycles. The minimum Gasteiger partial charge on any atom is -1.00 e. The molecule has 0 amide bonds. The summed E-state index contributed by atoms with van der Waals surface area (Å²) in [7, 11) is 6.19. The zero-order valence-corrected chi connectivity index (χ0v) is 9.67. The summed E-state index contributed by atoms with van der Waals surface area (Å²) in [5.74, 6) is -1.27. The average Bonchev–Trinajstić information content (AvgIpc) is 1.95. The second kappa shape index (κ2) is 6.68. The largest absolute Gasteiger partial charge is 1.00 e. The summed E-state index contributed by atoms with van der Waals surface area (Å²) in [4.78, 5) is 10.7. The van der Waals surface area contributed by atoms with Crippen molar-refractivity contribution in [2.24, 2.45) is 0 Å². The summed E-state index contributed by atoms with van der Waals surface area (Å²) in [6, 6.07) is 0. The lowest BCUT2D eigenvalue weighted by Gasteiger charge is -2.23. The highest BCUT2D eigenvalue weighted by Gasteiger charge is 2.08. The van der Waals surface area contributed by atoms with Gasteiger partial charge in [0.2, 0.25) is 0 Å². The number of nitrogens with zero attached hydrogens (tertiary/aromatic N) is 1. The molecular formula is C9H18ClNO3. The minimum atomic E-state index is -0.735. The van der Waals surface area contributed by atoms with E-state index in [2.05, 4.69) is 27.7 Å². The van der Waals surface area contributed by atoms with Crippen LogP contribution in [0.4, 0.5) is 0 Å². The first kappa shape index (κ1) is 15.7. The van der Waals surface area contributed by atoms with Crippen LogP contribution in [0.15, 0.2) is 12.3 Å². The van der Waals surface area contributed by atoms with E-state index in [-0.39, 0.29) is 12.4 Å². The number of hydrogen-bond donors (Lipinski definition) is 1. The van der Waals surface area contributed by atoms with E-state index in [4.69, 9.17) is 9.84 Å². The van der Waals surface area contributed by atoms with Crippen molar-refractivity contribution in [2.45, 2.75) is 6.42 Å². The fourth-order valence-electron chi connectivity index (χ4n) is 0.787. The third-order valence-electron chi connectivity index (χ3n) is 1.44. The van der Waals surface area contributed by atoms with Gasteiger partial charge in [-0.25, -0.2) is 4.79 Å². The van der Waals surface area contributed by atoms with Crippen molar-refractivity contribution in [3.05, 3.63) is 12.3 Å². The molecule has 0 saturated carbocycles. The van der Waals surface area contributed by atoms with Crippen molar-refractivity contribution >= 4 is 5.97 Å². The molecule has 5 heteroatoms. The molecule has 4 nitrogen and oxygen atoms in total. The Balaban J connectivity index is 0. The van der Waals surface area contributed by atoms with Gasteiger partial charge in [0.1, 0.15) is 0 Å². The van der Waals surface area contributed by atoms with Crippen molar-refractivity contribution in [2.75, 3.05) is 34.3 Å². The zero-order chi connectivity index (χ0) is 10.5. The lowest BCUT2D eigenvalue weighted by atomic mass is 10.4. The van der Waals surface area contributed by atoms with Crippen LogP contribution in [0.3, 0.4) is 0 Å². The van der Waals surface area contributed by atoms with Gasteiger partial charge in [0.15, 0.2) is 5.76 Å². The Morgan fingerprint density at radius 2 is 1.93 bits per heavy atom. The van der Waals surface area contributed by atoms with Crippen molar-refractivity contribution in [3.8, 4) is 0 Å². The second-order valence-corrected chi connectivity index (χ2v) is 3.95. The predicted octanol–water partition coefficient (Wildman–Crippen LogP) is -2.30. The molecule has 0 atom stereocenters. The van der Waals surface area contributed by atoms with Crippen LogP contribution < -0.4 is 12.4 Å². The van der Waals surface area contributed by atoms with Gasteiger partial charge >= 0.3 is 5.97 Å². The molecule has 0 rings (SSSR count). The van der Waals surface area contributed by atoms with Gasteiger partial charge in [-0.05, 0) is 6.58 Å². The van der Waals surface area contributed by atoms with Crippen LogP contribution >= 0.6 is 0 Å². The number of halogens is 1. The fourth-order valence-corrected chi connectivity index (χ4v) is 0.787. The standard InChI is InChI=1S/C9H17NO3.ClH/c1-8(11)9(12)13-7-5-6-10(2,3)4;/h1,5-7H2,2-4H3;1H. The molecule has 0 aliphatic rings. The van der Waals surface area contributed by atoms with E-state index in [1.807, 2.05) is 0 Å². The summed E-state index contributed by atoms with van der Waals surface area (Å²) >= 11 is 0. The Labute approximate surface area is 91.2 Å². The van der Waals surface area contributed by atoms with Gasteiger partial charge in [0.05, 0.1) is 34.3 Å². The number of quaternary nitrogens is 1. The Morgan fingerprint density at radius 3 is 2.29 bits per heavy atom. The average molecular weight is 224 g/mol. The highest BCUT2D eigenvalue weighted by atomic mass is 35.5. The van der Waals surface area contributed by atoms with Crippen LogP contribution in [0, 0.1) is 0 Å². The highest BCUT2D eigenvalue weighted by molar-refractivity contribution is 5.84. The molecule has 0 saturated heterocycles. The Hall–Kier alpha value is -0.740. The Bertz CT molecular complexity index is 199. The maximum Gasteiger partial charge on any atom is 0.372 e. The van der Waals surface area contributed by atoms with Gasteiger partial charge in [-0.1, -0.05) is 0 Å². The van der Waals surface area contributed by atoms with Gasteiger partial charge in [0.25, 0.3) is 0 Å². The number of carbonyl (C=O) groups is 1. The number of aliphatic hydroxyl groups is 1. The first-order chi connectivity index (χ1) is 5.83. The molecule has 84 valence electrons. The molecule has 0 bridgehead atoms. The van der Waals surface area contributed by atoms with Crippen LogP contribution in [0.2, 0.25) is 0 Å². The Kier molecular flexibility index (Phi) is 7.50. The zero-order valence-electron chi connectivity index (χ0n) is 8.92. The van der Waals surface area contributed by atoms with E-state index in [1.54, 1.807) is 0 Å². The highest BCUT2D eigenvalue weighted by Crippen LogP contribution is 1.95. The van der Waals surface area contributed by atoms with E-state index in [0.29, 0.717) is 6.61 Å². The number of carbonyl (C=O) groups excluding carboxylic acids is 1. The lowest BCUT2D eigenvalue weighted by Crippen LogP contribution is -3.00. The van der Waals surface area contributed by atoms with Gasteiger partial charge < -0.3 is 26.7 Å². The van der Waals surface area contributed by atoms with Crippen molar-refractivity contribution in [1.82, 2.24) is 0 Å². The molecule has 14 heavy (non-hydrogen) atoms. The topological polar surface area (TPSA) is 46.5 Å². The van der Waals surface area contributed by atoms with Gasteiger partial charge in [0, 0.05) is 6.42 Å². The number of esters is 1. The fraction of sp³-hybridized carbons (Fsp3) is 0.667. The third-order valence-corrected chi connectivity index (χ3v) is 1.44. The second-order valence-electron chi connectivity index (χ2n) is 3.95. The van der Waals surface area contributed by atoms with E-state index >= 15 is 0 Å². The van der Waals surface area contributed by atoms with E-state index in [1.165, 1.54) is 0 Å². The van der Waals surface area contributed by atoms with E-state index in [0.717, 1.165) is 17.4 Å². The molecule has 0 aromatic heterocycles. The molecule has 0 unspecified atom stereocenters. The quantitative estimate of drug-likeness (QED) is 0.188. The third kappa shape index (κ3) is 9.35. The predicted molar refractivity (Wildman–Crippen MR) is 50.2 cm³/mol. The van der Waals surface area contributed by atoms with Crippen LogP contribution in [0.1, 0.15) is 6.42 Å². The monoisotopic (exact) mass is 223 g/mol. The van der Waals surface area contributed by atoms with Gasteiger partial charge in [-0.3, -0.25) is 0 Å². The maximum atomic E-state index is 10.7. The number of aliphatic hydroxyl groups excluding tert-OH is 1.